The zero-order valence-corrected chi connectivity index (χ0v) is 12.8. The zero-order chi connectivity index (χ0) is 15.4. The molecule has 1 aliphatic heterocycles. The van der Waals surface area contributed by atoms with Crippen molar-refractivity contribution in [3.05, 3.63) is 35.9 Å². The number of hydrogen-bond acceptors (Lipinski definition) is 2. The molecule has 0 spiro atoms. The maximum absolute atomic E-state index is 12.3. The van der Waals surface area contributed by atoms with E-state index in [4.69, 9.17) is 0 Å². The monoisotopic (exact) mass is 301 g/mol. The van der Waals surface area contributed by atoms with Gasteiger partial charge in [0.1, 0.15) is 0 Å². The molecule has 0 atom stereocenters. The predicted octanol–water partition coefficient (Wildman–Crippen LogP) is 1.84. The smallest absolute Gasteiger partial charge is 0.317 e. The van der Waals surface area contributed by atoms with Crippen molar-refractivity contribution in [1.82, 2.24) is 15.1 Å². The van der Waals surface area contributed by atoms with E-state index in [1.54, 1.807) is 0 Å². The first kappa shape index (κ1) is 14.9. The number of nitrogens with zero attached hydrogens (tertiary/aromatic N) is 2. The van der Waals surface area contributed by atoms with Crippen LogP contribution in [-0.2, 0) is 11.3 Å². The number of rotatable bonds is 3. The van der Waals surface area contributed by atoms with Gasteiger partial charge in [0.25, 0.3) is 0 Å². The van der Waals surface area contributed by atoms with Crippen molar-refractivity contribution in [3.8, 4) is 0 Å². The normalized spacial score (nSPS) is 18.7. The minimum Gasteiger partial charge on any atom is -0.341 e. The summed E-state index contributed by atoms with van der Waals surface area (Å²) in [6.07, 6.45) is 2.93. The molecule has 5 nitrogen and oxygen atoms in total. The Bertz CT molecular complexity index is 528. The molecule has 1 aliphatic carbocycles. The van der Waals surface area contributed by atoms with Gasteiger partial charge in [-0.05, 0) is 24.8 Å². The van der Waals surface area contributed by atoms with Gasteiger partial charge in [-0.25, -0.2) is 4.79 Å². The molecule has 1 saturated carbocycles. The summed E-state index contributed by atoms with van der Waals surface area (Å²) < 4.78 is 0. The SMILES string of the molecule is O=C(NCc1ccccc1)N1CCCN(C(=O)C2CC2)CC1. The van der Waals surface area contributed by atoms with Crippen LogP contribution < -0.4 is 5.32 Å². The van der Waals surface area contributed by atoms with Crippen LogP contribution >= 0.6 is 0 Å². The summed E-state index contributed by atoms with van der Waals surface area (Å²) >= 11 is 0. The van der Waals surface area contributed by atoms with E-state index in [1.165, 1.54) is 0 Å². The standard InChI is InChI=1S/C17H23N3O2/c21-16(15-7-8-15)19-9-4-10-20(12-11-19)17(22)18-13-14-5-2-1-3-6-14/h1-3,5-6,15H,4,7-13H2,(H,18,22). The number of carbonyl (C=O) groups excluding carboxylic acids is 2. The van der Waals surface area contributed by atoms with E-state index in [-0.39, 0.29) is 17.9 Å². The van der Waals surface area contributed by atoms with Crippen LogP contribution in [0.1, 0.15) is 24.8 Å². The van der Waals surface area contributed by atoms with Gasteiger partial charge in [0.15, 0.2) is 0 Å². The van der Waals surface area contributed by atoms with Crippen LogP contribution in [0.15, 0.2) is 30.3 Å². The third-order valence-corrected chi connectivity index (χ3v) is 4.31. The quantitative estimate of drug-likeness (QED) is 0.926. The van der Waals surface area contributed by atoms with Gasteiger partial charge < -0.3 is 15.1 Å². The van der Waals surface area contributed by atoms with Crippen LogP contribution in [0.3, 0.4) is 0 Å². The fourth-order valence-electron chi connectivity index (χ4n) is 2.81. The summed E-state index contributed by atoms with van der Waals surface area (Å²) in [7, 11) is 0. The second-order valence-corrected chi connectivity index (χ2v) is 6.08. The fraction of sp³-hybridized carbons (Fsp3) is 0.529. The lowest BCUT2D eigenvalue weighted by Gasteiger charge is -2.22. The molecule has 1 N–H and O–H groups in total. The van der Waals surface area contributed by atoms with Crippen molar-refractivity contribution in [2.75, 3.05) is 26.2 Å². The zero-order valence-electron chi connectivity index (χ0n) is 12.8. The molecule has 5 heteroatoms. The third kappa shape index (κ3) is 3.78. The molecule has 1 heterocycles. The number of urea groups is 1. The molecule has 0 aromatic heterocycles. The molecular weight excluding hydrogens is 278 g/mol. The Morgan fingerprint density at radius 3 is 2.41 bits per heavy atom. The van der Waals surface area contributed by atoms with Crippen LogP contribution in [-0.4, -0.2) is 47.9 Å². The molecule has 0 radical (unpaired) electrons. The molecule has 3 rings (SSSR count). The van der Waals surface area contributed by atoms with Crippen molar-refractivity contribution in [1.29, 1.82) is 0 Å². The Hall–Kier alpha value is -2.04. The Morgan fingerprint density at radius 2 is 1.68 bits per heavy atom. The molecule has 1 aromatic carbocycles. The summed E-state index contributed by atoms with van der Waals surface area (Å²) in [4.78, 5) is 28.1. The van der Waals surface area contributed by atoms with E-state index < -0.39 is 0 Å². The lowest BCUT2D eigenvalue weighted by atomic mass is 10.2. The molecule has 0 unspecified atom stereocenters. The molecule has 2 fully saturated rings. The molecule has 0 bridgehead atoms. The fourth-order valence-corrected chi connectivity index (χ4v) is 2.81. The average Bonchev–Trinajstić information content (AvgIpc) is 3.39. The van der Waals surface area contributed by atoms with Gasteiger partial charge in [-0.3, -0.25) is 4.79 Å². The van der Waals surface area contributed by atoms with E-state index in [0.717, 1.165) is 37.9 Å². The summed E-state index contributed by atoms with van der Waals surface area (Å²) in [5.74, 6) is 0.546. The van der Waals surface area contributed by atoms with E-state index in [9.17, 15) is 9.59 Å². The lowest BCUT2D eigenvalue weighted by Crippen LogP contribution is -2.42. The second-order valence-electron chi connectivity index (χ2n) is 6.08. The Balaban J connectivity index is 1.47. The predicted molar refractivity (Wildman–Crippen MR) is 84.2 cm³/mol. The summed E-state index contributed by atoms with van der Waals surface area (Å²) in [6, 6.07) is 9.86. The highest BCUT2D eigenvalue weighted by molar-refractivity contribution is 5.81. The molecular formula is C17H23N3O2. The first-order valence-electron chi connectivity index (χ1n) is 8.09. The summed E-state index contributed by atoms with van der Waals surface area (Å²) in [5, 5.41) is 2.96. The van der Waals surface area contributed by atoms with Gasteiger partial charge >= 0.3 is 6.03 Å². The van der Waals surface area contributed by atoms with Crippen molar-refractivity contribution >= 4 is 11.9 Å². The van der Waals surface area contributed by atoms with Crippen LogP contribution in [0.2, 0.25) is 0 Å². The van der Waals surface area contributed by atoms with E-state index in [0.29, 0.717) is 19.6 Å². The molecule has 1 saturated heterocycles. The van der Waals surface area contributed by atoms with E-state index >= 15 is 0 Å². The van der Waals surface area contributed by atoms with Crippen molar-refractivity contribution < 1.29 is 9.59 Å². The largest absolute Gasteiger partial charge is 0.341 e. The second kappa shape index (κ2) is 6.81. The minimum atomic E-state index is -0.0374. The number of benzene rings is 1. The number of carbonyl (C=O) groups is 2. The van der Waals surface area contributed by atoms with Crippen LogP contribution in [0.25, 0.3) is 0 Å². The van der Waals surface area contributed by atoms with E-state index in [1.807, 2.05) is 40.1 Å². The molecule has 3 amide bonds. The van der Waals surface area contributed by atoms with Gasteiger partial charge in [-0.2, -0.15) is 0 Å². The number of amides is 3. The Morgan fingerprint density at radius 1 is 1.00 bits per heavy atom. The van der Waals surface area contributed by atoms with Gasteiger partial charge in [0, 0.05) is 38.6 Å². The molecule has 2 aliphatic rings. The van der Waals surface area contributed by atoms with Crippen LogP contribution in [0.4, 0.5) is 4.79 Å². The average molecular weight is 301 g/mol. The van der Waals surface area contributed by atoms with Crippen molar-refractivity contribution in [3.63, 3.8) is 0 Å². The number of nitrogens with one attached hydrogen (secondary N) is 1. The van der Waals surface area contributed by atoms with Gasteiger partial charge in [0.2, 0.25) is 5.91 Å². The lowest BCUT2D eigenvalue weighted by molar-refractivity contribution is -0.132. The topological polar surface area (TPSA) is 52.7 Å². The molecule has 118 valence electrons. The first-order valence-corrected chi connectivity index (χ1v) is 8.09. The molecule has 1 aromatic rings. The van der Waals surface area contributed by atoms with E-state index in [2.05, 4.69) is 5.32 Å². The van der Waals surface area contributed by atoms with Crippen molar-refractivity contribution in [2.45, 2.75) is 25.8 Å². The Kier molecular flexibility index (Phi) is 4.61. The van der Waals surface area contributed by atoms with Crippen LogP contribution in [0, 0.1) is 5.92 Å². The van der Waals surface area contributed by atoms with Gasteiger partial charge in [-0.15, -0.1) is 0 Å². The highest BCUT2D eigenvalue weighted by Gasteiger charge is 2.34. The third-order valence-electron chi connectivity index (χ3n) is 4.31. The highest BCUT2D eigenvalue weighted by atomic mass is 16.2. The summed E-state index contributed by atoms with van der Waals surface area (Å²) in [5.41, 5.74) is 1.09. The highest BCUT2D eigenvalue weighted by Crippen LogP contribution is 2.31. The Labute approximate surface area is 131 Å². The minimum absolute atomic E-state index is 0.0374. The maximum atomic E-state index is 12.3. The van der Waals surface area contributed by atoms with Gasteiger partial charge in [-0.1, -0.05) is 30.3 Å². The maximum Gasteiger partial charge on any atom is 0.317 e. The first-order chi connectivity index (χ1) is 10.7. The number of hydrogen-bond donors (Lipinski definition) is 1. The molecule has 22 heavy (non-hydrogen) atoms. The summed E-state index contributed by atoms with van der Waals surface area (Å²) in [6.45, 7) is 3.32. The van der Waals surface area contributed by atoms with Crippen molar-refractivity contribution in [2.24, 2.45) is 5.92 Å². The van der Waals surface area contributed by atoms with Gasteiger partial charge in [0.05, 0.1) is 0 Å². The van der Waals surface area contributed by atoms with Crippen LogP contribution in [0.5, 0.6) is 0 Å².